The van der Waals surface area contributed by atoms with Gasteiger partial charge in [0.05, 0.1) is 20.7 Å². The van der Waals surface area contributed by atoms with Gasteiger partial charge in [-0.15, -0.1) is 11.3 Å². The number of nitrogens with one attached hydrogen (secondary N) is 1. The van der Waals surface area contributed by atoms with Crippen molar-refractivity contribution in [1.29, 1.82) is 0 Å². The molecule has 1 heterocycles. The summed E-state index contributed by atoms with van der Waals surface area (Å²) in [6.45, 7) is 0. The summed E-state index contributed by atoms with van der Waals surface area (Å²) in [6.07, 6.45) is 1.67. The molecule has 30 heavy (non-hydrogen) atoms. The van der Waals surface area contributed by atoms with Crippen LogP contribution in [0.3, 0.4) is 0 Å². The number of hydrogen-bond acceptors (Lipinski definition) is 6. The molecule has 0 aliphatic rings. The highest BCUT2D eigenvalue weighted by molar-refractivity contribution is 7.20. The lowest BCUT2D eigenvalue weighted by Gasteiger charge is -2.06. The number of allylic oxidation sites excluding steroid dienone is 1. The normalized spacial score (nSPS) is 11.4. The fourth-order valence-electron chi connectivity index (χ4n) is 3.12. The zero-order valence-electron chi connectivity index (χ0n) is 16.0. The Labute approximate surface area is 176 Å². The second kappa shape index (κ2) is 8.26. The van der Waals surface area contributed by atoms with Crippen molar-refractivity contribution in [3.05, 3.63) is 99.0 Å². The molecule has 148 valence electrons. The number of Topliss-reactive ketones (excluding diaryl/α,β-unsaturated/α-hetero) is 1. The van der Waals surface area contributed by atoms with Crippen molar-refractivity contribution in [3.8, 4) is 0 Å². The summed E-state index contributed by atoms with van der Waals surface area (Å²) in [7, 11) is 1.63. The molecule has 0 spiro atoms. The molecule has 0 bridgehead atoms. The van der Waals surface area contributed by atoms with E-state index in [9.17, 15) is 14.9 Å². The third kappa shape index (κ3) is 3.83. The Morgan fingerprint density at radius 1 is 1.07 bits per heavy atom. The van der Waals surface area contributed by atoms with Gasteiger partial charge in [0.2, 0.25) is 0 Å². The third-order valence-electron chi connectivity index (χ3n) is 4.60. The van der Waals surface area contributed by atoms with E-state index in [-0.39, 0.29) is 11.5 Å². The Balaban J connectivity index is 1.88. The van der Waals surface area contributed by atoms with Crippen molar-refractivity contribution in [1.82, 2.24) is 4.98 Å². The minimum Gasteiger partial charge on any atom is -0.383 e. The summed E-state index contributed by atoms with van der Waals surface area (Å²) in [5.41, 5.74) is 2.65. The first-order valence-corrected chi connectivity index (χ1v) is 10.0. The number of ketones is 1. The van der Waals surface area contributed by atoms with E-state index in [1.165, 1.54) is 17.4 Å². The SMILES string of the molecule is CNc1ccc(/C=C(/C(=O)c2ccccc2)c2nc3ccccc3s2)cc1[N+](=O)[O-]. The van der Waals surface area contributed by atoms with E-state index in [1.54, 1.807) is 49.5 Å². The van der Waals surface area contributed by atoms with Gasteiger partial charge < -0.3 is 5.32 Å². The molecule has 4 rings (SSSR count). The second-order valence-corrected chi connectivity index (χ2v) is 7.55. The summed E-state index contributed by atoms with van der Waals surface area (Å²) in [6, 6.07) is 21.4. The predicted octanol–water partition coefficient (Wildman–Crippen LogP) is 5.67. The number of anilines is 1. The minimum atomic E-state index is -0.445. The average Bonchev–Trinajstić information content (AvgIpc) is 3.21. The number of aromatic nitrogens is 1. The number of nitrogens with zero attached hydrogens (tertiary/aromatic N) is 2. The molecule has 4 aromatic rings. The van der Waals surface area contributed by atoms with Crippen LogP contribution in [-0.2, 0) is 0 Å². The molecular formula is C23H17N3O3S. The maximum atomic E-state index is 13.3. The predicted molar refractivity (Wildman–Crippen MR) is 121 cm³/mol. The molecule has 0 saturated heterocycles. The lowest BCUT2D eigenvalue weighted by atomic mass is 10.0. The van der Waals surface area contributed by atoms with Crippen molar-refractivity contribution in [3.63, 3.8) is 0 Å². The van der Waals surface area contributed by atoms with E-state index in [1.807, 2.05) is 30.3 Å². The molecule has 0 saturated carbocycles. The van der Waals surface area contributed by atoms with Crippen LogP contribution in [0.2, 0.25) is 0 Å². The van der Waals surface area contributed by atoms with Crippen LogP contribution in [0.15, 0.2) is 72.8 Å². The molecule has 6 nitrogen and oxygen atoms in total. The molecule has 0 radical (unpaired) electrons. The van der Waals surface area contributed by atoms with Crippen LogP contribution in [-0.4, -0.2) is 22.7 Å². The van der Waals surface area contributed by atoms with E-state index in [0.29, 0.717) is 27.4 Å². The Bertz CT molecular complexity index is 1250. The molecule has 7 heteroatoms. The summed E-state index contributed by atoms with van der Waals surface area (Å²) in [5, 5.41) is 14.8. The second-order valence-electron chi connectivity index (χ2n) is 6.52. The van der Waals surface area contributed by atoms with Crippen LogP contribution in [0.1, 0.15) is 20.9 Å². The molecule has 0 atom stereocenters. The Morgan fingerprint density at radius 2 is 1.80 bits per heavy atom. The number of thiazole rings is 1. The van der Waals surface area contributed by atoms with Crippen LogP contribution in [0.4, 0.5) is 11.4 Å². The molecule has 1 N–H and O–H groups in total. The van der Waals surface area contributed by atoms with Gasteiger partial charge >= 0.3 is 0 Å². The lowest BCUT2D eigenvalue weighted by molar-refractivity contribution is -0.383. The zero-order valence-corrected chi connectivity index (χ0v) is 16.8. The van der Waals surface area contributed by atoms with Gasteiger partial charge in [0.1, 0.15) is 10.7 Å². The molecule has 0 fully saturated rings. The van der Waals surface area contributed by atoms with E-state index in [0.717, 1.165) is 10.2 Å². The van der Waals surface area contributed by atoms with Crippen molar-refractivity contribution < 1.29 is 9.72 Å². The van der Waals surface area contributed by atoms with Gasteiger partial charge in [-0.3, -0.25) is 14.9 Å². The number of hydrogen-bond donors (Lipinski definition) is 1. The molecule has 1 aromatic heterocycles. The number of nitro groups is 1. The first kappa shape index (κ1) is 19.5. The lowest BCUT2D eigenvalue weighted by Crippen LogP contribution is -2.03. The number of nitro benzene ring substituents is 1. The zero-order chi connectivity index (χ0) is 21.1. The van der Waals surface area contributed by atoms with Crippen LogP contribution in [0, 0.1) is 10.1 Å². The maximum absolute atomic E-state index is 13.3. The monoisotopic (exact) mass is 415 g/mol. The number of carbonyl (C=O) groups is 1. The van der Waals surface area contributed by atoms with E-state index < -0.39 is 4.92 Å². The highest BCUT2D eigenvalue weighted by Crippen LogP contribution is 2.32. The summed E-state index contributed by atoms with van der Waals surface area (Å²) >= 11 is 1.42. The van der Waals surface area contributed by atoms with Crippen LogP contribution < -0.4 is 5.32 Å². The molecule has 3 aromatic carbocycles. The number of para-hydroxylation sites is 1. The first-order chi connectivity index (χ1) is 14.6. The van der Waals surface area contributed by atoms with Crippen molar-refractivity contribution in [2.24, 2.45) is 0 Å². The van der Waals surface area contributed by atoms with Crippen molar-refractivity contribution >= 4 is 50.4 Å². The number of fused-ring (bicyclic) bond motifs is 1. The maximum Gasteiger partial charge on any atom is 0.292 e. The van der Waals surface area contributed by atoms with Gasteiger partial charge in [0.25, 0.3) is 5.69 Å². The van der Waals surface area contributed by atoms with Gasteiger partial charge in [0, 0.05) is 18.7 Å². The van der Waals surface area contributed by atoms with Gasteiger partial charge in [-0.05, 0) is 29.8 Å². The fourth-order valence-corrected chi connectivity index (χ4v) is 4.10. The topological polar surface area (TPSA) is 85.1 Å². The molecule has 0 aliphatic heterocycles. The highest BCUT2D eigenvalue weighted by atomic mass is 32.1. The van der Waals surface area contributed by atoms with Gasteiger partial charge in [-0.25, -0.2) is 4.98 Å². The minimum absolute atomic E-state index is 0.0536. The van der Waals surface area contributed by atoms with Gasteiger partial charge in [0.15, 0.2) is 5.78 Å². The Morgan fingerprint density at radius 3 is 2.50 bits per heavy atom. The van der Waals surface area contributed by atoms with Gasteiger partial charge in [-0.2, -0.15) is 0 Å². The number of rotatable bonds is 6. The molecule has 0 amide bonds. The summed E-state index contributed by atoms with van der Waals surface area (Å²) in [5.74, 6) is -0.185. The quantitative estimate of drug-likeness (QED) is 0.190. The fraction of sp³-hybridized carbons (Fsp3) is 0.0435. The van der Waals surface area contributed by atoms with Crippen molar-refractivity contribution in [2.75, 3.05) is 12.4 Å². The number of carbonyl (C=O) groups excluding carboxylic acids is 1. The Hall–Kier alpha value is -3.84. The first-order valence-electron chi connectivity index (χ1n) is 9.20. The van der Waals surface area contributed by atoms with Crippen LogP contribution in [0.25, 0.3) is 21.9 Å². The van der Waals surface area contributed by atoms with Crippen molar-refractivity contribution in [2.45, 2.75) is 0 Å². The number of benzene rings is 3. The standard InChI is InChI=1S/C23H17N3O3S/c1-24-18-12-11-15(14-20(18)26(28)29)13-17(22(27)16-7-3-2-4-8-16)23-25-19-9-5-6-10-21(19)30-23/h2-14,24H,1H3/b17-13-. The smallest absolute Gasteiger partial charge is 0.292 e. The van der Waals surface area contributed by atoms with Crippen LogP contribution >= 0.6 is 11.3 Å². The third-order valence-corrected chi connectivity index (χ3v) is 5.67. The molecule has 0 unspecified atom stereocenters. The largest absolute Gasteiger partial charge is 0.383 e. The van der Waals surface area contributed by atoms with E-state index >= 15 is 0 Å². The van der Waals surface area contributed by atoms with Crippen LogP contribution in [0.5, 0.6) is 0 Å². The van der Waals surface area contributed by atoms with E-state index in [2.05, 4.69) is 10.3 Å². The van der Waals surface area contributed by atoms with E-state index in [4.69, 9.17) is 0 Å². The molecule has 0 aliphatic carbocycles. The summed E-state index contributed by atoms with van der Waals surface area (Å²) < 4.78 is 0.968. The summed E-state index contributed by atoms with van der Waals surface area (Å²) in [4.78, 5) is 28.9. The Kier molecular flexibility index (Phi) is 5.36. The van der Waals surface area contributed by atoms with Gasteiger partial charge in [-0.1, -0.05) is 48.5 Å². The average molecular weight is 415 g/mol. The molecular weight excluding hydrogens is 398 g/mol. The highest BCUT2D eigenvalue weighted by Gasteiger charge is 2.20.